The molecule has 5 N–H and O–H groups in total. The van der Waals surface area contributed by atoms with Crippen LogP contribution in [-0.2, 0) is 9.59 Å². The number of H-pyrrole nitrogens is 2. The van der Waals surface area contributed by atoms with Gasteiger partial charge in [0.25, 0.3) is 5.91 Å². The Morgan fingerprint density at radius 3 is 2.36 bits per heavy atom. The molecule has 0 saturated carbocycles. The van der Waals surface area contributed by atoms with Crippen LogP contribution in [0.25, 0.3) is 11.0 Å². The van der Waals surface area contributed by atoms with Crippen LogP contribution in [0.2, 0.25) is 0 Å². The van der Waals surface area contributed by atoms with Gasteiger partial charge in [0.05, 0.1) is 16.7 Å². The van der Waals surface area contributed by atoms with Crippen LogP contribution in [0.1, 0.15) is 17.3 Å². The second-order valence-electron chi connectivity index (χ2n) is 5.97. The van der Waals surface area contributed by atoms with Crippen LogP contribution in [0.3, 0.4) is 0 Å². The van der Waals surface area contributed by atoms with Gasteiger partial charge in [-0.1, -0.05) is 0 Å². The lowest BCUT2D eigenvalue weighted by Crippen LogP contribution is -2.31. The van der Waals surface area contributed by atoms with Crippen molar-refractivity contribution in [2.45, 2.75) is 13.0 Å². The number of rotatable bonds is 6. The third kappa shape index (κ3) is 4.18. The molecule has 2 aromatic carbocycles. The molecule has 1 unspecified atom stereocenters. The Morgan fingerprint density at radius 1 is 1.04 bits per heavy atom. The zero-order valence-electron chi connectivity index (χ0n) is 14.7. The van der Waals surface area contributed by atoms with E-state index in [4.69, 9.17) is 5.73 Å². The normalized spacial score (nSPS) is 12.2. The summed E-state index contributed by atoms with van der Waals surface area (Å²) in [5, 5.41) is 10.3. The molecule has 142 valence electrons. The first-order chi connectivity index (χ1) is 13.3. The van der Waals surface area contributed by atoms with Crippen LogP contribution < -0.4 is 16.7 Å². The summed E-state index contributed by atoms with van der Waals surface area (Å²) in [4.78, 5) is 51.8. The molecule has 10 nitrogen and oxygen atoms in total. The fraction of sp³-hybridized carbons (Fsp3) is 0.111. The number of benzene rings is 2. The van der Waals surface area contributed by atoms with Crippen LogP contribution >= 0.6 is 0 Å². The first kappa shape index (κ1) is 18.7. The van der Waals surface area contributed by atoms with Gasteiger partial charge >= 0.3 is 5.69 Å². The van der Waals surface area contributed by atoms with E-state index in [9.17, 15) is 19.2 Å². The number of carbonyl (C=O) groups is 3. The van der Waals surface area contributed by atoms with Crippen molar-refractivity contribution in [3.05, 3.63) is 58.5 Å². The molecule has 0 bridgehead atoms. The average molecular weight is 380 g/mol. The number of primary amides is 1. The first-order valence-corrected chi connectivity index (χ1v) is 8.17. The van der Waals surface area contributed by atoms with E-state index in [0.717, 1.165) is 0 Å². The maximum atomic E-state index is 12.4. The summed E-state index contributed by atoms with van der Waals surface area (Å²) in [7, 11) is 0. The average Bonchev–Trinajstić information content (AvgIpc) is 3.01. The molecular weight excluding hydrogens is 364 g/mol. The van der Waals surface area contributed by atoms with Gasteiger partial charge in [-0.15, -0.1) is 0 Å². The SMILES string of the molecule is CC(=O)C(/N=N\c1ccc(C(N)=O)cc1)C(=O)Nc1ccc2[nH]c(=O)[nH]c2c1. The van der Waals surface area contributed by atoms with Crippen molar-refractivity contribution >= 4 is 40.0 Å². The number of nitrogens with one attached hydrogen (secondary N) is 3. The third-order valence-corrected chi connectivity index (χ3v) is 3.86. The highest BCUT2D eigenvalue weighted by Crippen LogP contribution is 2.17. The van der Waals surface area contributed by atoms with Crippen LogP contribution in [0.15, 0.2) is 57.5 Å². The minimum absolute atomic E-state index is 0.304. The number of aromatic amines is 2. The van der Waals surface area contributed by atoms with E-state index >= 15 is 0 Å². The molecule has 3 aromatic rings. The van der Waals surface area contributed by atoms with Gasteiger partial charge < -0.3 is 21.0 Å². The van der Waals surface area contributed by atoms with E-state index in [0.29, 0.717) is 28.0 Å². The number of fused-ring (bicyclic) bond motifs is 1. The monoisotopic (exact) mass is 380 g/mol. The standard InChI is InChI=1S/C18H16N6O4/c1-9(25)15(24-23-11-4-2-10(3-5-11)16(19)26)17(27)20-12-6-7-13-14(8-12)22-18(28)21-13/h2-8,15H,1H3,(H2,19,26)(H,20,27)(H2,21,22,28)/b24-23-. The lowest BCUT2D eigenvalue weighted by atomic mass is 10.2. The minimum atomic E-state index is -1.35. The molecule has 1 aromatic heterocycles. The predicted octanol–water partition coefficient (Wildman–Crippen LogP) is 1.64. The molecule has 0 aliphatic carbocycles. The molecule has 28 heavy (non-hydrogen) atoms. The summed E-state index contributed by atoms with van der Waals surface area (Å²) >= 11 is 0. The smallest absolute Gasteiger partial charge is 0.323 e. The van der Waals surface area contributed by atoms with Crippen molar-refractivity contribution in [1.29, 1.82) is 0 Å². The van der Waals surface area contributed by atoms with E-state index < -0.39 is 23.6 Å². The number of imidazole rings is 1. The summed E-state index contributed by atoms with van der Waals surface area (Å²) in [6.45, 7) is 1.23. The topological polar surface area (TPSA) is 163 Å². The molecule has 0 radical (unpaired) electrons. The van der Waals surface area contributed by atoms with E-state index in [-0.39, 0.29) is 5.69 Å². The van der Waals surface area contributed by atoms with Crippen molar-refractivity contribution in [3.8, 4) is 0 Å². The lowest BCUT2D eigenvalue weighted by Gasteiger charge is -2.09. The Labute approximate surface area is 157 Å². The van der Waals surface area contributed by atoms with E-state index in [1.807, 2.05) is 0 Å². The van der Waals surface area contributed by atoms with Crippen molar-refractivity contribution in [2.75, 3.05) is 5.32 Å². The minimum Gasteiger partial charge on any atom is -0.366 e. The second kappa shape index (κ2) is 7.66. The maximum absolute atomic E-state index is 12.4. The van der Waals surface area contributed by atoms with Gasteiger partial charge in [-0.3, -0.25) is 14.4 Å². The van der Waals surface area contributed by atoms with Gasteiger partial charge in [0.15, 0.2) is 5.78 Å². The molecule has 0 saturated heterocycles. The first-order valence-electron chi connectivity index (χ1n) is 8.17. The predicted molar refractivity (Wildman–Crippen MR) is 101 cm³/mol. The molecule has 0 aliphatic rings. The van der Waals surface area contributed by atoms with Crippen molar-refractivity contribution in [3.63, 3.8) is 0 Å². The third-order valence-electron chi connectivity index (χ3n) is 3.86. The van der Waals surface area contributed by atoms with Crippen LogP contribution in [-0.4, -0.2) is 33.6 Å². The van der Waals surface area contributed by atoms with Crippen LogP contribution in [0, 0.1) is 0 Å². The zero-order valence-corrected chi connectivity index (χ0v) is 14.7. The Hall–Kier alpha value is -4.08. The Morgan fingerprint density at radius 2 is 1.71 bits per heavy atom. The Kier molecular flexibility index (Phi) is 5.12. The number of amides is 2. The van der Waals surface area contributed by atoms with Gasteiger partial charge in [-0.05, 0) is 49.4 Å². The fourth-order valence-corrected chi connectivity index (χ4v) is 2.46. The number of azo groups is 1. The molecule has 0 spiro atoms. The quantitative estimate of drug-likeness (QED) is 0.378. The van der Waals surface area contributed by atoms with Crippen LogP contribution in [0.5, 0.6) is 0 Å². The number of hydrogen-bond donors (Lipinski definition) is 4. The molecule has 0 aliphatic heterocycles. The Bertz CT molecular complexity index is 1140. The molecule has 10 heteroatoms. The molecular formula is C18H16N6O4. The summed E-state index contributed by atoms with van der Waals surface area (Å²) in [5.41, 5.74) is 6.95. The van der Waals surface area contributed by atoms with Gasteiger partial charge in [-0.2, -0.15) is 10.2 Å². The number of aromatic nitrogens is 2. The van der Waals surface area contributed by atoms with Gasteiger partial charge in [-0.25, -0.2) is 4.79 Å². The summed E-state index contributed by atoms with van der Waals surface area (Å²) in [5.74, 6) is -1.74. The maximum Gasteiger partial charge on any atom is 0.323 e. The number of carbonyl (C=O) groups excluding carboxylic acids is 3. The molecule has 1 atom stereocenters. The highest BCUT2D eigenvalue weighted by molar-refractivity contribution is 6.10. The number of anilines is 1. The van der Waals surface area contributed by atoms with Crippen molar-refractivity contribution in [1.82, 2.24) is 9.97 Å². The summed E-state index contributed by atoms with van der Waals surface area (Å²) in [6, 6.07) is 9.33. The molecule has 3 rings (SSSR count). The summed E-state index contributed by atoms with van der Waals surface area (Å²) in [6.07, 6.45) is 0. The Balaban J connectivity index is 1.76. The van der Waals surface area contributed by atoms with Crippen molar-refractivity contribution in [2.24, 2.45) is 16.0 Å². The number of nitrogens with zero attached hydrogens (tertiary/aromatic N) is 2. The van der Waals surface area contributed by atoms with E-state index in [2.05, 4.69) is 25.5 Å². The second-order valence-corrected chi connectivity index (χ2v) is 5.97. The van der Waals surface area contributed by atoms with E-state index in [1.54, 1.807) is 18.2 Å². The van der Waals surface area contributed by atoms with Crippen molar-refractivity contribution < 1.29 is 14.4 Å². The van der Waals surface area contributed by atoms with Gasteiger partial charge in [0, 0.05) is 11.3 Å². The highest BCUT2D eigenvalue weighted by Gasteiger charge is 2.23. The summed E-state index contributed by atoms with van der Waals surface area (Å²) < 4.78 is 0. The lowest BCUT2D eigenvalue weighted by molar-refractivity contribution is -0.126. The fourth-order valence-electron chi connectivity index (χ4n) is 2.46. The van der Waals surface area contributed by atoms with Gasteiger partial charge in [0.2, 0.25) is 11.9 Å². The molecule has 2 amide bonds. The molecule has 1 heterocycles. The number of Topliss-reactive ketones (excluding diaryl/α,β-unsaturated/α-hetero) is 1. The largest absolute Gasteiger partial charge is 0.366 e. The number of hydrogen-bond acceptors (Lipinski definition) is 6. The molecule has 0 fully saturated rings. The zero-order chi connectivity index (χ0) is 20.3. The van der Waals surface area contributed by atoms with E-state index in [1.165, 1.54) is 31.2 Å². The van der Waals surface area contributed by atoms with Crippen LogP contribution in [0.4, 0.5) is 11.4 Å². The highest BCUT2D eigenvalue weighted by atomic mass is 16.2. The number of ketones is 1. The number of nitrogens with two attached hydrogens (primary N) is 1. The van der Waals surface area contributed by atoms with Gasteiger partial charge in [0.1, 0.15) is 0 Å².